The first-order chi connectivity index (χ1) is 18.2. The average Bonchev–Trinajstić information content (AvgIpc) is 3.54. The molecule has 2 aliphatic rings. The number of anilines is 1. The standard InChI is InChI=1S/C26H25ClFN7O3/c1-3-21(36)34-11-15(9-16(34)12-38-2)35-25(29)23(26(30)37)19(33-35)7-6-14-8-20-17(10-18(14)27)22(13-4-5-13)24(28)32-31-20/h3,8,10,13,15-16H,1,4-5,9,11-12,29H2,2H3,(H2,30,37)/t15-,16+/m0/s1. The quantitative estimate of drug-likeness (QED) is 0.363. The van der Waals surface area contributed by atoms with E-state index in [1.807, 2.05) is 0 Å². The van der Waals surface area contributed by atoms with Crippen molar-refractivity contribution in [2.45, 2.75) is 37.3 Å². The molecule has 5 rings (SSSR count). The molecule has 3 heterocycles. The number of carbonyl (C=O) groups excluding carboxylic acids is 2. The van der Waals surface area contributed by atoms with E-state index in [0.717, 1.165) is 12.8 Å². The van der Waals surface area contributed by atoms with Gasteiger partial charge in [0.2, 0.25) is 11.9 Å². The average molecular weight is 538 g/mol. The summed E-state index contributed by atoms with van der Waals surface area (Å²) in [6, 6.07) is 2.71. The Morgan fingerprint density at radius 2 is 2.08 bits per heavy atom. The molecule has 1 aliphatic carbocycles. The van der Waals surface area contributed by atoms with Crippen molar-refractivity contribution in [1.29, 1.82) is 0 Å². The van der Waals surface area contributed by atoms with Crippen LogP contribution in [0.2, 0.25) is 5.02 Å². The Hall–Kier alpha value is -4.01. The largest absolute Gasteiger partial charge is 0.383 e. The number of benzene rings is 1. The van der Waals surface area contributed by atoms with Gasteiger partial charge in [-0.1, -0.05) is 24.1 Å². The molecule has 0 unspecified atom stereocenters. The number of amides is 2. The van der Waals surface area contributed by atoms with Gasteiger partial charge in [-0.25, -0.2) is 4.68 Å². The van der Waals surface area contributed by atoms with E-state index in [-0.39, 0.29) is 41.0 Å². The number of fused-ring (bicyclic) bond motifs is 1. The van der Waals surface area contributed by atoms with Crippen LogP contribution in [-0.2, 0) is 9.53 Å². The fraction of sp³-hybridized carbons (Fsp3) is 0.346. The highest BCUT2D eigenvalue weighted by atomic mass is 35.5. The third-order valence-electron chi connectivity index (χ3n) is 6.89. The molecule has 3 aromatic rings. The van der Waals surface area contributed by atoms with Gasteiger partial charge >= 0.3 is 0 Å². The predicted molar refractivity (Wildman–Crippen MR) is 139 cm³/mol. The Kier molecular flexibility index (Phi) is 6.77. The first-order valence-electron chi connectivity index (χ1n) is 12.0. The Labute approximate surface area is 222 Å². The minimum absolute atomic E-state index is 0.0240. The smallest absolute Gasteiger partial charge is 0.255 e. The molecule has 0 radical (unpaired) electrons. The number of halogens is 2. The van der Waals surface area contributed by atoms with Gasteiger partial charge in [0.15, 0.2) is 5.69 Å². The highest BCUT2D eigenvalue weighted by Crippen LogP contribution is 2.44. The molecule has 196 valence electrons. The van der Waals surface area contributed by atoms with E-state index >= 15 is 0 Å². The molecule has 2 atom stereocenters. The number of hydrogen-bond acceptors (Lipinski definition) is 7. The van der Waals surface area contributed by atoms with Crippen molar-refractivity contribution in [3.63, 3.8) is 0 Å². The Balaban J connectivity index is 1.51. The van der Waals surface area contributed by atoms with Gasteiger partial charge in [0.1, 0.15) is 11.4 Å². The lowest BCUT2D eigenvalue weighted by molar-refractivity contribution is -0.127. The van der Waals surface area contributed by atoms with Gasteiger partial charge in [0.05, 0.1) is 29.2 Å². The predicted octanol–water partition coefficient (Wildman–Crippen LogP) is 2.55. The first-order valence-corrected chi connectivity index (χ1v) is 12.4. The minimum Gasteiger partial charge on any atom is -0.383 e. The molecule has 2 amide bonds. The number of rotatable bonds is 6. The fourth-order valence-corrected chi connectivity index (χ4v) is 5.18. The van der Waals surface area contributed by atoms with Crippen LogP contribution in [0.3, 0.4) is 0 Å². The molecule has 0 bridgehead atoms. The van der Waals surface area contributed by atoms with E-state index in [1.54, 1.807) is 24.1 Å². The van der Waals surface area contributed by atoms with Gasteiger partial charge in [0, 0.05) is 30.2 Å². The van der Waals surface area contributed by atoms with Crippen molar-refractivity contribution in [3.8, 4) is 11.8 Å². The maximum Gasteiger partial charge on any atom is 0.255 e. The van der Waals surface area contributed by atoms with E-state index in [9.17, 15) is 14.0 Å². The molecule has 1 aliphatic heterocycles. The normalized spacial score (nSPS) is 18.9. The van der Waals surface area contributed by atoms with Crippen LogP contribution < -0.4 is 11.5 Å². The van der Waals surface area contributed by atoms with Crippen LogP contribution in [0.5, 0.6) is 0 Å². The fourth-order valence-electron chi connectivity index (χ4n) is 4.97. The summed E-state index contributed by atoms with van der Waals surface area (Å²) in [7, 11) is 1.55. The Morgan fingerprint density at radius 1 is 1.32 bits per heavy atom. The topological polar surface area (TPSA) is 142 Å². The van der Waals surface area contributed by atoms with Gasteiger partial charge < -0.3 is 21.1 Å². The molecule has 2 fully saturated rings. The number of aromatic nitrogens is 4. The third kappa shape index (κ3) is 4.57. The van der Waals surface area contributed by atoms with Gasteiger partial charge in [0.25, 0.3) is 5.91 Å². The molecule has 1 saturated carbocycles. The van der Waals surface area contributed by atoms with Crippen LogP contribution in [0, 0.1) is 17.8 Å². The summed E-state index contributed by atoms with van der Waals surface area (Å²) < 4.78 is 21.0. The Bertz CT molecular complexity index is 1540. The van der Waals surface area contributed by atoms with Crippen LogP contribution in [0.25, 0.3) is 10.9 Å². The highest BCUT2D eigenvalue weighted by molar-refractivity contribution is 6.32. The van der Waals surface area contributed by atoms with Crippen LogP contribution in [0.15, 0.2) is 24.8 Å². The van der Waals surface area contributed by atoms with Crippen molar-refractivity contribution in [1.82, 2.24) is 24.9 Å². The SMILES string of the molecule is C=CC(=O)N1C[C@@H](n2nc(C#Cc3cc4nnc(F)c(C5CC5)c4cc3Cl)c(C(N)=O)c2N)C[C@@H]1COC. The summed E-state index contributed by atoms with van der Waals surface area (Å²) in [5.74, 6) is 4.31. The summed E-state index contributed by atoms with van der Waals surface area (Å²) in [6.07, 6.45) is 3.52. The summed E-state index contributed by atoms with van der Waals surface area (Å²) >= 11 is 6.49. The number of carbonyl (C=O) groups is 2. The zero-order valence-electron chi connectivity index (χ0n) is 20.6. The molecule has 1 aromatic carbocycles. The summed E-state index contributed by atoms with van der Waals surface area (Å²) in [5.41, 5.74) is 13.3. The summed E-state index contributed by atoms with van der Waals surface area (Å²) in [4.78, 5) is 26.3. The lowest BCUT2D eigenvalue weighted by atomic mass is 10.0. The van der Waals surface area contributed by atoms with E-state index in [1.165, 1.54) is 10.8 Å². The zero-order chi connectivity index (χ0) is 27.1. The number of nitrogens with two attached hydrogens (primary N) is 2. The van der Waals surface area contributed by atoms with E-state index in [2.05, 4.69) is 33.7 Å². The molecule has 2 aromatic heterocycles. The molecular formula is C26H25ClFN7O3. The molecule has 4 N–H and O–H groups in total. The van der Waals surface area contributed by atoms with Crippen LogP contribution in [0.4, 0.5) is 10.2 Å². The van der Waals surface area contributed by atoms with Gasteiger partial charge in [-0.05, 0) is 49.3 Å². The summed E-state index contributed by atoms with van der Waals surface area (Å²) in [6.45, 7) is 4.18. The number of nitrogen functional groups attached to an aromatic ring is 1. The first kappa shape index (κ1) is 25.6. The maximum absolute atomic E-state index is 14.3. The number of hydrogen-bond donors (Lipinski definition) is 2. The van der Waals surface area contributed by atoms with Gasteiger partial charge in [-0.3, -0.25) is 9.59 Å². The van der Waals surface area contributed by atoms with E-state index in [0.29, 0.717) is 46.6 Å². The molecule has 12 heteroatoms. The molecule has 1 saturated heterocycles. The minimum atomic E-state index is -0.788. The number of likely N-dealkylation sites (tertiary alicyclic amines) is 1. The van der Waals surface area contributed by atoms with Crippen molar-refractivity contribution < 1.29 is 18.7 Å². The van der Waals surface area contributed by atoms with Crippen molar-refractivity contribution in [2.75, 3.05) is 26.0 Å². The lowest BCUT2D eigenvalue weighted by Gasteiger charge is -2.22. The number of primary amides is 1. The zero-order valence-corrected chi connectivity index (χ0v) is 21.3. The number of ether oxygens (including phenoxy) is 1. The van der Waals surface area contributed by atoms with Crippen molar-refractivity contribution >= 4 is 40.1 Å². The van der Waals surface area contributed by atoms with E-state index in [4.69, 9.17) is 27.8 Å². The lowest BCUT2D eigenvalue weighted by Crippen LogP contribution is -2.37. The second kappa shape index (κ2) is 10.0. The van der Waals surface area contributed by atoms with Gasteiger partial charge in [-0.2, -0.15) is 9.49 Å². The van der Waals surface area contributed by atoms with Crippen molar-refractivity contribution in [2.24, 2.45) is 5.73 Å². The number of methoxy groups -OCH3 is 1. The second-order valence-corrected chi connectivity index (χ2v) is 9.80. The molecule has 38 heavy (non-hydrogen) atoms. The van der Waals surface area contributed by atoms with Crippen LogP contribution in [0.1, 0.15) is 58.4 Å². The van der Waals surface area contributed by atoms with Crippen LogP contribution >= 0.6 is 11.6 Å². The molecule has 0 spiro atoms. The molecular weight excluding hydrogens is 513 g/mol. The monoisotopic (exact) mass is 537 g/mol. The van der Waals surface area contributed by atoms with Crippen LogP contribution in [-0.4, -0.2) is 63.0 Å². The third-order valence-corrected chi connectivity index (χ3v) is 7.21. The number of nitrogens with zero attached hydrogens (tertiary/aromatic N) is 5. The molecule has 10 nitrogen and oxygen atoms in total. The maximum atomic E-state index is 14.3. The summed E-state index contributed by atoms with van der Waals surface area (Å²) in [5, 5.41) is 13.0. The Morgan fingerprint density at radius 3 is 2.74 bits per heavy atom. The van der Waals surface area contributed by atoms with E-state index < -0.39 is 11.9 Å². The van der Waals surface area contributed by atoms with Gasteiger partial charge in [-0.15, -0.1) is 10.2 Å². The van der Waals surface area contributed by atoms with Crippen molar-refractivity contribution in [3.05, 3.63) is 58.1 Å². The highest BCUT2D eigenvalue weighted by Gasteiger charge is 2.37. The second-order valence-electron chi connectivity index (χ2n) is 9.39.